The Morgan fingerprint density at radius 3 is 2.73 bits per heavy atom. The van der Waals surface area contributed by atoms with Crippen LogP contribution >= 0.6 is 24.0 Å². The first-order chi connectivity index (χ1) is 15.7. The van der Waals surface area contributed by atoms with Gasteiger partial charge >= 0.3 is 0 Å². The maximum atomic E-state index is 5.14. The number of piperazine rings is 1. The molecule has 0 saturated carbocycles. The van der Waals surface area contributed by atoms with E-state index in [0.717, 1.165) is 88.6 Å². The molecule has 4 rings (SSSR count). The van der Waals surface area contributed by atoms with E-state index in [0.29, 0.717) is 12.6 Å². The zero-order valence-corrected chi connectivity index (χ0v) is 21.8. The number of guanidine groups is 1. The van der Waals surface area contributed by atoms with Crippen LogP contribution in [0, 0.1) is 0 Å². The lowest BCUT2D eigenvalue weighted by Gasteiger charge is -2.34. The molecule has 1 saturated heterocycles. The van der Waals surface area contributed by atoms with Gasteiger partial charge < -0.3 is 20.3 Å². The highest BCUT2D eigenvalue weighted by molar-refractivity contribution is 14.0. The van der Waals surface area contributed by atoms with Gasteiger partial charge in [-0.25, -0.2) is 19.6 Å². The highest BCUT2D eigenvalue weighted by Crippen LogP contribution is 2.13. The Balaban J connectivity index is 0.00000306. The zero-order chi connectivity index (χ0) is 22.2. The number of hydrogen-bond donors (Lipinski definition) is 2. The van der Waals surface area contributed by atoms with Crippen LogP contribution in [0.3, 0.4) is 0 Å². The van der Waals surface area contributed by atoms with Crippen LogP contribution in [0.1, 0.15) is 24.5 Å². The molecule has 4 heterocycles. The molecular formula is C21H35IN10O. The first kappa shape index (κ1) is 25.6. The molecule has 2 aromatic heterocycles. The summed E-state index contributed by atoms with van der Waals surface area (Å²) in [4.78, 5) is 22.4. The highest BCUT2D eigenvalue weighted by atomic mass is 127. The van der Waals surface area contributed by atoms with Crippen LogP contribution in [0.2, 0.25) is 0 Å². The molecule has 0 aliphatic carbocycles. The van der Waals surface area contributed by atoms with E-state index >= 15 is 0 Å². The van der Waals surface area contributed by atoms with E-state index in [-0.39, 0.29) is 24.0 Å². The summed E-state index contributed by atoms with van der Waals surface area (Å²) in [5.74, 6) is 3.47. The molecule has 0 spiro atoms. The van der Waals surface area contributed by atoms with E-state index in [4.69, 9.17) is 4.74 Å². The van der Waals surface area contributed by atoms with Gasteiger partial charge in [0.05, 0.1) is 6.54 Å². The molecule has 1 unspecified atom stereocenters. The molecule has 1 fully saturated rings. The van der Waals surface area contributed by atoms with Crippen LogP contribution < -0.4 is 15.5 Å². The normalized spacial score (nSPS) is 19.0. The van der Waals surface area contributed by atoms with E-state index in [1.54, 1.807) is 19.5 Å². The summed E-state index contributed by atoms with van der Waals surface area (Å²) < 4.78 is 7.13. The lowest BCUT2D eigenvalue weighted by molar-refractivity contribution is 0.177. The predicted octanol–water partition coefficient (Wildman–Crippen LogP) is 0.525. The minimum atomic E-state index is 0. The smallest absolute Gasteiger partial charge is 0.225 e. The standard InChI is InChI=1S/C21H34N10O.HI/c1-22-20(26-17-5-6-19-27-18(16-32-2)28-31(19)15-17)23-9-4-10-29-11-13-30(14-12-29)21-24-7-3-8-25-21;/h3,7-8,17H,4-6,9-16H2,1-2H3,(H2,22,23,26);1H. The molecule has 12 heteroatoms. The third-order valence-corrected chi connectivity index (χ3v) is 5.89. The second-order valence-electron chi connectivity index (χ2n) is 8.17. The van der Waals surface area contributed by atoms with Gasteiger partial charge in [0.2, 0.25) is 5.95 Å². The van der Waals surface area contributed by atoms with Crippen LogP contribution in [0.15, 0.2) is 23.5 Å². The van der Waals surface area contributed by atoms with Crippen LogP contribution in [0.4, 0.5) is 5.95 Å². The van der Waals surface area contributed by atoms with Gasteiger partial charge in [-0.1, -0.05) is 0 Å². The van der Waals surface area contributed by atoms with Crippen molar-refractivity contribution in [2.24, 2.45) is 4.99 Å². The van der Waals surface area contributed by atoms with E-state index < -0.39 is 0 Å². The first-order valence-corrected chi connectivity index (χ1v) is 11.4. The lowest BCUT2D eigenvalue weighted by Crippen LogP contribution is -2.49. The van der Waals surface area contributed by atoms with Gasteiger partial charge in [-0.15, -0.1) is 24.0 Å². The number of halogens is 1. The fraction of sp³-hybridized carbons (Fsp3) is 0.667. The first-order valence-electron chi connectivity index (χ1n) is 11.4. The molecule has 2 aromatic rings. The molecule has 2 N–H and O–H groups in total. The number of fused-ring (bicyclic) bond motifs is 1. The monoisotopic (exact) mass is 570 g/mol. The van der Waals surface area contributed by atoms with Crippen LogP contribution in [0.5, 0.6) is 0 Å². The van der Waals surface area contributed by atoms with Gasteiger partial charge in [-0.05, 0) is 25.5 Å². The Morgan fingerprint density at radius 2 is 2.00 bits per heavy atom. The summed E-state index contributed by atoms with van der Waals surface area (Å²) in [6, 6.07) is 2.15. The summed E-state index contributed by atoms with van der Waals surface area (Å²) in [6.45, 7) is 7.23. The SMILES string of the molecule is CN=C(NCCCN1CCN(c2ncccn2)CC1)NC1CCc2nc(COC)nn2C1.I. The molecule has 2 aliphatic heterocycles. The second kappa shape index (κ2) is 13.0. The molecular weight excluding hydrogens is 535 g/mol. The van der Waals surface area contributed by atoms with Crippen LogP contribution in [0.25, 0.3) is 0 Å². The summed E-state index contributed by atoms with van der Waals surface area (Å²) in [7, 11) is 3.49. The number of ether oxygens (including phenoxy) is 1. The molecule has 0 amide bonds. The Hall–Kier alpha value is -2.06. The van der Waals surface area contributed by atoms with Gasteiger partial charge in [-0.2, -0.15) is 5.10 Å². The van der Waals surface area contributed by atoms with E-state index in [2.05, 4.69) is 45.5 Å². The van der Waals surface area contributed by atoms with E-state index in [1.807, 2.05) is 17.8 Å². The summed E-state index contributed by atoms with van der Waals surface area (Å²) >= 11 is 0. The predicted molar refractivity (Wildman–Crippen MR) is 138 cm³/mol. The Kier molecular flexibility index (Phi) is 10.1. The van der Waals surface area contributed by atoms with Gasteiger partial charge in [0, 0.05) is 71.7 Å². The van der Waals surface area contributed by atoms with Gasteiger partial charge in [0.25, 0.3) is 0 Å². The number of hydrogen-bond acceptors (Lipinski definition) is 8. The van der Waals surface area contributed by atoms with Gasteiger partial charge in [-0.3, -0.25) is 9.89 Å². The Bertz CT molecular complexity index is 869. The van der Waals surface area contributed by atoms with Crippen molar-refractivity contribution in [3.63, 3.8) is 0 Å². The Morgan fingerprint density at radius 1 is 1.21 bits per heavy atom. The fourth-order valence-electron chi connectivity index (χ4n) is 4.19. The highest BCUT2D eigenvalue weighted by Gasteiger charge is 2.22. The molecule has 0 bridgehead atoms. The zero-order valence-electron chi connectivity index (χ0n) is 19.5. The van der Waals surface area contributed by atoms with Crippen molar-refractivity contribution < 1.29 is 4.74 Å². The van der Waals surface area contributed by atoms with E-state index in [1.165, 1.54) is 0 Å². The molecule has 182 valence electrons. The number of methoxy groups -OCH3 is 1. The maximum absolute atomic E-state index is 5.14. The van der Waals surface area contributed by atoms with Crippen molar-refractivity contribution in [3.8, 4) is 0 Å². The number of anilines is 1. The minimum Gasteiger partial charge on any atom is -0.377 e. The van der Waals surface area contributed by atoms with Crippen molar-refractivity contribution in [1.82, 2.24) is 40.3 Å². The summed E-state index contributed by atoms with van der Waals surface area (Å²) in [5, 5.41) is 11.5. The van der Waals surface area contributed by atoms with Crippen LogP contribution in [-0.4, -0.2) is 95.1 Å². The minimum absolute atomic E-state index is 0. The van der Waals surface area contributed by atoms with Gasteiger partial charge in [0.15, 0.2) is 11.8 Å². The molecule has 2 aliphatic rings. The molecule has 1 atom stereocenters. The number of nitrogens with zero attached hydrogens (tertiary/aromatic N) is 8. The van der Waals surface area contributed by atoms with Crippen molar-refractivity contribution in [2.75, 3.05) is 58.3 Å². The van der Waals surface area contributed by atoms with Gasteiger partial charge in [0.1, 0.15) is 12.4 Å². The van der Waals surface area contributed by atoms with Crippen molar-refractivity contribution in [2.45, 2.75) is 38.5 Å². The average molecular weight is 570 g/mol. The number of aromatic nitrogens is 5. The Labute approximate surface area is 212 Å². The maximum Gasteiger partial charge on any atom is 0.225 e. The average Bonchev–Trinajstić information content (AvgIpc) is 3.24. The number of nitrogens with one attached hydrogen (secondary N) is 2. The largest absolute Gasteiger partial charge is 0.377 e. The topological polar surface area (TPSA) is 109 Å². The van der Waals surface area contributed by atoms with Crippen molar-refractivity contribution >= 4 is 35.9 Å². The quantitative estimate of drug-likeness (QED) is 0.203. The summed E-state index contributed by atoms with van der Waals surface area (Å²) in [5.41, 5.74) is 0. The number of aryl methyl sites for hydroxylation is 1. The third-order valence-electron chi connectivity index (χ3n) is 5.89. The number of aliphatic imine (C=N–C) groups is 1. The van der Waals surface area contributed by atoms with E-state index in [9.17, 15) is 0 Å². The second-order valence-corrected chi connectivity index (χ2v) is 8.17. The third kappa shape index (κ3) is 7.21. The fourth-order valence-corrected chi connectivity index (χ4v) is 4.19. The molecule has 0 radical (unpaired) electrons. The molecule has 33 heavy (non-hydrogen) atoms. The molecule has 11 nitrogen and oxygen atoms in total. The summed E-state index contributed by atoms with van der Waals surface area (Å²) in [6.07, 6.45) is 6.60. The molecule has 0 aromatic carbocycles. The van der Waals surface area contributed by atoms with Crippen LogP contribution in [-0.2, 0) is 24.3 Å². The van der Waals surface area contributed by atoms with Crippen molar-refractivity contribution in [3.05, 3.63) is 30.1 Å². The number of rotatable bonds is 8. The van der Waals surface area contributed by atoms with Crippen molar-refractivity contribution in [1.29, 1.82) is 0 Å². The lowest BCUT2D eigenvalue weighted by atomic mass is 10.1.